The molecule has 1 heterocycles. The molecule has 0 fully saturated rings. The summed E-state index contributed by atoms with van der Waals surface area (Å²) in [6.07, 6.45) is -0.788. The summed E-state index contributed by atoms with van der Waals surface area (Å²) in [4.78, 5) is 25.5. The molecule has 0 saturated heterocycles. The molecule has 2 aromatic carbocycles. The summed E-state index contributed by atoms with van der Waals surface area (Å²) in [7, 11) is 1.77. The van der Waals surface area contributed by atoms with E-state index in [2.05, 4.69) is 5.32 Å². The fourth-order valence-electron chi connectivity index (χ4n) is 2.93. The van der Waals surface area contributed by atoms with Crippen LogP contribution >= 0.6 is 11.6 Å². The molecule has 1 N–H and O–H groups in total. The predicted octanol–water partition coefficient (Wildman–Crippen LogP) is 3.85. The van der Waals surface area contributed by atoms with Crippen LogP contribution in [0.2, 0.25) is 5.02 Å². The summed E-state index contributed by atoms with van der Waals surface area (Å²) < 4.78 is 8.97. The number of anilines is 1. The standard InChI is InChI=1S/C21H22ClN3O3/c1-13-12-16(22)10-11-18(13)28-15(3)20(26)23-19-14(2)24(4)25(21(19)27)17-8-6-5-7-9-17/h5-12,15H,1-4H3,(H,23,26). The van der Waals surface area contributed by atoms with Crippen molar-refractivity contribution in [1.29, 1.82) is 0 Å². The van der Waals surface area contributed by atoms with E-state index in [1.165, 1.54) is 4.68 Å². The van der Waals surface area contributed by atoms with Crippen LogP contribution in [0.15, 0.2) is 53.3 Å². The molecule has 1 aromatic heterocycles. The van der Waals surface area contributed by atoms with Gasteiger partial charge in [0.25, 0.3) is 11.5 Å². The quantitative estimate of drug-likeness (QED) is 0.708. The van der Waals surface area contributed by atoms with Crippen molar-refractivity contribution in [2.24, 2.45) is 7.05 Å². The molecule has 0 bridgehead atoms. The molecule has 1 amide bonds. The van der Waals surface area contributed by atoms with Gasteiger partial charge in [-0.05, 0) is 56.7 Å². The highest BCUT2D eigenvalue weighted by atomic mass is 35.5. The number of halogens is 1. The molecular weight excluding hydrogens is 378 g/mol. The lowest BCUT2D eigenvalue weighted by Crippen LogP contribution is -2.32. The largest absolute Gasteiger partial charge is 0.481 e. The number of carbonyl (C=O) groups is 1. The number of aryl methyl sites for hydroxylation is 1. The van der Waals surface area contributed by atoms with Crippen LogP contribution in [0.3, 0.4) is 0 Å². The maximum atomic E-state index is 12.9. The molecule has 0 spiro atoms. The number of benzene rings is 2. The fourth-order valence-corrected chi connectivity index (χ4v) is 3.15. The van der Waals surface area contributed by atoms with Crippen LogP contribution in [0.1, 0.15) is 18.2 Å². The van der Waals surface area contributed by atoms with Crippen LogP contribution < -0.4 is 15.6 Å². The topological polar surface area (TPSA) is 65.3 Å². The highest BCUT2D eigenvalue weighted by Crippen LogP contribution is 2.23. The second-order valence-corrected chi connectivity index (χ2v) is 7.03. The van der Waals surface area contributed by atoms with Crippen LogP contribution in [-0.2, 0) is 11.8 Å². The monoisotopic (exact) mass is 399 g/mol. The highest BCUT2D eigenvalue weighted by Gasteiger charge is 2.22. The van der Waals surface area contributed by atoms with Crippen molar-refractivity contribution in [3.8, 4) is 11.4 Å². The molecule has 0 aliphatic heterocycles. The number of ether oxygens (including phenoxy) is 1. The summed E-state index contributed by atoms with van der Waals surface area (Å²) in [5, 5.41) is 3.32. The van der Waals surface area contributed by atoms with Crippen molar-refractivity contribution in [1.82, 2.24) is 9.36 Å². The SMILES string of the molecule is Cc1cc(Cl)ccc1OC(C)C(=O)Nc1c(C)n(C)n(-c2ccccc2)c1=O. The molecule has 0 aliphatic carbocycles. The molecular formula is C21H22ClN3O3. The van der Waals surface area contributed by atoms with Crippen LogP contribution in [-0.4, -0.2) is 21.4 Å². The van der Waals surface area contributed by atoms with Gasteiger partial charge < -0.3 is 10.1 Å². The zero-order valence-electron chi connectivity index (χ0n) is 16.2. The second-order valence-electron chi connectivity index (χ2n) is 6.60. The zero-order valence-corrected chi connectivity index (χ0v) is 16.9. The second kappa shape index (κ2) is 7.94. The Bertz CT molecular complexity index is 1070. The number of hydrogen-bond donors (Lipinski definition) is 1. The Morgan fingerprint density at radius 1 is 1.14 bits per heavy atom. The van der Waals surface area contributed by atoms with Gasteiger partial charge in [-0.3, -0.25) is 14.3 Å². The molecule has 0 radical (unpaired) electrons. The molecule has 1 unspecified atom stereocenters. The van der Waals surface area contributed by atoms with Gasteiger partial charge in [-0.25, -0.2) is 4.68 Å². The van der Waals surface area contributed by atoms with E-state index < -0.39 is 12.0 Å². The summed E-state index contributed by atoms with van der Waals surface area (Å²) in [6.45, 7) is 5.27. The van der Waals surface area contributed by atoms with Gasteiger partial charge in [-0.2, -0.15) is 0 Å². The maximum absolute atomic E-state index is 12.9. The first kappa shape index (κ1) is 19.8. The number of carbonyl (C=O) groups excluding carboxylic acids is 1. The average molecular weight is 400 g/mol. The number of rotatable bonds is 5. The third kappa shape index (κ3) is 3.82. The van der Waals surface area contributed by atoms with Gasteiger partial charge in [0.05, 0.1) is 11.4 Å². The minimum Gasteiger partial charge on any atom is -0.481 e. The molecule has 3 rings (SSSR count). The van der Waals surface area contributed by atoms with E-state index in [4.69, 9.17) is 16.3 Å². The number of aromatic nitrogens is 2. The van der Waals surface area contributed by atoms with E-state index in [9.17, 15) is 9.59 Å². The number of nitrogens with one attached hydrogen (secondary N) is 1. The van der Waals surface area contributed by atoms with Gasteiger partial charge in [0.15, 0.2) is 6.10 Å². The minimum atomic E-state index is -0.788. The van der Waals surface area contributed by atoms with Crippen LogP contribution in [0.25, 0.3) is 5.69 Å². The Morgan fingerprint density at radius 2 is 1.82 bits per heavy atom. The van der Waals surface area contributed by atoms with Crippen molar-refractivity contribution in [2.75, 3.05) is 5.32 Å². The first-order valence-electron chi connectivity index (χ1n) is 8.87. The van der Waals surface area contributed by atoms with Crippen molar-refractivity contribution in [3.05, 3.63) is 75.2 Å². The summed E-state index contributed by atoms with van der Waals surface area (Å²) >= 11 is 5.95. The smallest absolute Gasteiger partial charge is 0.295 e. The lowest BCUT2D eigenvalue weighted by atomic mass is 10.2. The third-order valence-electron chi connectivity index (χ3n) is 4.61. The summed E-state index contributed by atoms with van der Waals surface area (Å²) in [5.74, 6) is 0.166. The van der Waals surface area contributed by atoms with Gasteiger partial charge in [0.1, 0.15) is 11.4 Å². The Morgan fingerprint density at radius 3 is 2.46 bits per heavy atom. The van der Waals surface area contributed by atoms with E-state index in [1.807, 2.05) is 37.3 Å². The molecule has 0 aliphatic rings. The molecule has 146 valence electrons. The Balaban J connectivity index is 1.83. The van der Waals surface area contributed by atoms with Gasteiger partial charge in [-0.1, -0.05) is 29.8 Å². The van der Waals surface area contributed by atoms with Crippen LogP contribution in [0.5, 0.6) is 5.75 Å². The summed E-state index contributed by atoms with van der Waals surface area (Å²) in [5.41, 5.74) is 2.14. The normalized spacial score (nSPS) is 11.9. The van der Waals surface area contributed by atoms with Crippen molar-refractivity contribution in [3.63, 3.8) is 0 Å². The average Bonchev–Trinajstić information content (AvgIpc) is 2.88. The highest BCUT2D eigenvalue weighted by molar-refractivity contribution is 6.30. The van der Waals surface area contributed by atoms with Gasteiger partial charge in [0.2, 0.25) is 0 Å². The van der Waals surface area contributed by atoms with E-state index in [0.29, 0.717) is 16.5 Å². The van der Waals surface area contributed by atoms with Crippen molar-refractivity contribution < 1.29 is 9.53 Å². The van der Waals surface area contributed by atoms with E-state index in [0.717, 1.165) is 11.3 Å². The molecule has 7 heteroatoms. The summed E-state index contributed by atoms with van der Waals surface area (Å²) in [6, 6.07) is 14.4. The van der Waals surface area contributed by atoms with Crippen LogP contribution in [0.4, 0.5) is 5.69 Å². The molecule has 3 aromatic rings. The van der Waals surface area contributed by atoms with Gasteiger partial charge >= 0.3 is 0 Å². The van der Waals surface area contributed by atoms with Gasteiger partial charge in [0, 0.05) is 12.1 Å². The van der Waals surface area contributed by atoms with Crippen molar-refractivity contribution >= 4 is 23.2 Å². The van der Waals surface area contributed by atoms with Gasteiger partial charge in [-0.15, -0.1) is 0 Å². The lowest BCUT2D eigenvalue weighted by molar-refractivity contribution is -0.122. The fraction of sp³-hybridized carbons (Fsp3) is 0.238. The molecule has 1 atom stereocenters. The molecule has 0 saturated carbocycles. The maximum Gasteiger partial charge on any atom is 0.295 e. The van der Waals surface area contributed by atoms with Crippen LogP contribution in [0, 0.1) is 13.8 Å². The number of amides is 1. The van der Waals surface area contributed by atoms with E-state index in [-0.39, 0.29) is 11.2 Å². The third-order valence-corrected chi connectivity index (χ3v) is 4.85. The number of nitrogens with zero attached hydrogens (tertiary/aromatic N) is 2. The molecule has 6 nitrogen and oxygen atoms in total. The Labute approximate surface area is 168 Å². The Kier molecular flexibility index (Phi) is 5.61. The minimum absolute atomic E-state index is 0.236. The lowest BCUT2D eigenvalue weighted by Gasteiger charge is -2.16. The van der Waals surface area contributed by atoms with E-state index in [1.54, 1.807) is 43.8 Å². The predicted molar refractivity (Wildman–Crippen MR) is 111 cm³/mol. The zero-order chi connectivity index (χ0) is 20.4. The first-order valence-corrected chi connectivity index (χ1v) is 9.25. The van der Waals surface area contributed by atoms with Crippen molar-refractivity contribution in [2.45, 2.75) is 26.9 Å². The number of hydrogen-bond acceptors (Lipinski definition) is 3. The molecule has 28 heavy (non-hydrogen) atoms. The first-order chi connectivity index (χ1) is 13.3. The number of para-hydroxylation sites is 1. The van der Waals surface area contributed by atoms with E-state index >= 15 is 0 Å². The Hall–Kier alpha value is -2.99.